The first-order chi connectivity index (χ1) is 11.6. The second kappa shape index (κ2) is 7.38. The van der Waals surface area contributed by atoms with E-state index < -0.39 is 0 Å². The first-order valence-electron chi connectivity index (χ1n) is 8.63. The molecule has 0 radical (unpaired) electrons. The van der Waals surface area contributed by atoms with E-state index in [1.807, 2.05) is 6.07 Å². The van der Waals surface area contributed by atoms with Gasteiger partial charge in [-0.1, -0.05) is 13.0 Å². The van der Waals surface area contributed by atoms with Crippen LogP contribution >= 0.6 is 0 Å². The third kappa shape index (κ3) is 4.17. The molecule has 6 heteroatoms. The van der Waals surface area contributed by atoms with Gasteiger partial charge in [-0.25, -0.2) is 4.39 Å². The van der Waals surface area contributed by atoms with Crippen LogP contribution in [0.3, 0.4) is 0 Å². The molecule has 0 aromatic heterocycles. The summed E-state index contributed by atoms with van der Waals surface area (Å²) in [5.74, 6) is 0.679. The summed E-state index contributed by atoms with van der Waals surface area (Å²) < 4.78 is 18.6. The number of rotatable bonds is 4. The largest absolute Gasteiger partial charge is 0.380 e. The Labute approximate surface area is 143 Å². The molecule has 0 bridgehead atoms. The van der Waals surface area contributed by atoms with Crippen LogP contribution in [0.25, 0.3) is 0 Å². The number of guanidine groups is 1. The Morgan fingerprint density at radius 2 is 2.12 bits per heavy atom. The first kappa shape index (κ1) is 17.0. The maximum atomic E-state index is 13.4. The highest BCUT2D eigenvalue weighted by atomic mass is 19.1. The second-order valence-corrected chi connectivity index (χ2v) is 7.11. The van der Waals surface area contributed by atoms with Crippen molar-refractivity contribution in [2.45, 2.75) is 25.8 Å². The van der Waals surface area contributed by atoms with E-state index in [9.17, 15) is 4.39 Å². The number of nitrogens with one attached hydrogen (secondary N) is 2. The lowest BCUT2D eigenvalue weighted by molar-refractivity contribution is -0.0971. The van der Waals surface area contributed by atoms with Gasteiger partial charge in [0.1, 0.15) is 5.82 Å². The Hall–Kier alpha value is -1.82. The molecular formula is C18H27FN4O. The lowest BCUT2D eigenvalue weighted by atomic mass is 9.89. The molecule has 2 N–H and O–H groups in total. The number of anilines is 1. The Kier molecular flexibility index (Phi) is 5.23. The predicted octanol–water partition coefficient (Wildman–Crippen LogP) is 2.00. The molecule has 24 heavy (non-hydrogen) atoms. The van der Waals surface area contributed by atoms with Crippen LogP contribution < -0.4 is 15.5 Å². The van der Waals surface area contributed by atoms with Gasteiger partial charge in [-0.05, 0) is 31.0 Å². The summed E-state index contributed by atoms with van der Waals surface area (Å²) in [5, 5.41) is 6.91. The van der Waals surface area contributed by atoms with Crippen LogP contribution in [0.1, 0.15) is 19.8 Å². The Balaban J connectivity index is 1.45. The van der Waals surface area contributed by atoms with Crippen molar-refractivity contribution < 1.29 is 9.13 Å². The highest BCUT2D eigenvalue weighted by molar-refractivity contribution is 5.80. The molecule has 3 rings (SSSR count). The molecule has 5 nitrogen and oxygen atoms in total. The van der Waals surface area contributed by atoms with E-state index in [-0.39, 0.29) is 11.2 Å². The highest BCUT2D eigenvalue weighted by Gasteiger charge is 2.33. The second-order valence-electron chi connectivity index (χ2n) is 7.11. The van der Waals surface area contributed by atoms with Gasteiger partial charge in [0.05, 0.1) is 13.2 Å². The van der Waals surface area contributed by atoms with Crippen molar-refractivity contribution in [1.29, 1.82) is 0 Å². The fourth-order valence-corrected chi connectivity index (χ4v) is 3.19. The van der Waals surface area contributed by atoms with Crippen LogP contribution in [-0.2, 0) is 4.74 Å². The molecule has 2 aliphatic rings. The lowest BCUT2D eigenvalue weighted by Gasteiger charge is -2.39. The summed E-state index contributed by atoms with van der Waals surface area (Å²) in [6.07, 6.45) is 2.02. The average Bonchev–Trinajstić information content (AvgIpc) is 2.57. The Morgan fingerprint density at radius 1 is 1.38 bits per heavy atom. The Morgan fingerprint density at radius 3 is 2.71 bits per heavy atom. The SMILES string of the molecule is CN=C(NCC1(C)COC1)NC1CCN(c2cccc(F)c2)CC1. The zero-order chi connectivity index (χ0) is 17.0. The van der Waals surface area contributed by atoms with E-state index in [0.29, 0.717) is 6.04 Å². The van der Waals surface area contributed by atoms with Gasteiger partial charge in [0.15, 0.2) is 5.96 Å². The number of halogens is 1. The van der Waals surface area contributed by atoms with E-state index in [2.05, 4.69) is 27.4 Å². The molecule has 0 spiro atoms. The van der Waals surface area contributed by atoms with E-state index in [1.54, 1.807) is 19.2 Å². The van der Waals surface area contributed by atoms with E-state index >= 15 is 0 Å². The summed E-state index contributed by atoms with van der Waals surface area (Å²) in [6, 6.07) is 7.23. The van der Waals surface area contributed by atoms with Crippen LogP contribution in [0.15, 0.2) is 29.3 Å². The molecule has 0 amide bonds. The number of piperidine rings is 1. The van der Waals surface area contributed by atoms with Gasteiger partial charge in [-0.3, -0.25) is 4.99 Å². The van der Waals surface area contributed by atoms with Crippen molar-refractivity contribution >= 4 is 11.6 Å². The number of hydrogen-bond donors (Lipinski definition) is 2. The first-order valence-corrected chi connectivity index (χ1v) is 8.63. The molecule has 0 saturated carbocycles. The average molecular weight is 334 g/mol. The number of hydrogen-bond acceptors (Lipinski definition) is 3. The van der Waals surface area contributed by atoms with E-state index in [0.717, 1.165) is 57.3 Å². The van der Waals surface area contributed by atoms with Crippen LogP contribution in [0.5, 0.6) is 0 Å². The molecule has 0 aliphatic carbocycles. The topological polar surface area (TPSA) is 48.9 Å². The maximum Gasteiger partial charge on any atom is 0.191 e. The molecule has 2 fully saturated rings. The Bertz CT molecular complexity index is 580. The molecule has 0 atom stereocenters. The maximum absolute atomic E-state index is 13.4. The summed E-state index contributed by atoms with van der Waals surface area (Å²) in [7, 11) is 1.80. The van der Waals surface area contributed by atoms with Crippen molar-refractivity contribution in [2.75, 3.05) is 44.8 Å². The van der Waals surface area contributed by atoms with Crippen LogP contribution in [0.2, 0.25) is 0 Å². The smallest absolute Gasteiger partial charge is 0.191 e. The molecule has 1 aromatic carbocycles. The van der Waals surface area contributed by atoms with E-state index in [4.69, 9.17) is 4.74 Å². The van der Waals surface area contributed by atoms with Gasteiger partial charge >= 0.3 is 0 Å². The van der Waals surface area contributed by atoms with Crippen molar-refractivity contribution in [3.63, 3.8) is 0 Å². The quantitative estimate of drug-likeness (QED) is 0.653. The fraction of sp³-hybridized carbons (Fsp3) is 0.611. The normalized spacial score (nSPS) is 21.3. The molecule has 2 aliphatic heterocycles. The van der Waals surface area contributed by atoms with Gasteiger partial charge in [0, 0.05) is 43.8 Å². The number of aliphatic imine (C=N–C) groups is 1. The molecule has 0 unspecified atom stereocenters. The lowest BCUT2D eigenvalue weighted by Crippen LogP contribution is -2.53. The number of benzene rings is 1. The summed E-state index contributed by atoms with van der Waals surface area (Å²) >= 11 is 0. The van der Waals surface area contributed by atoms with Gasteiger partial charge in [-0.2, -0.15) is 0 Å². The zero-order valence-corrected chi connectivity index (χ0v) is 14.5. The van der Waals surface area contributed by atoms with E-state index in [1.165, 1.54) is 6.07 Å². The third-order valence-electron chi connectivity index (χ3n) is 4.82. The third-order valence-corrected chi connectivity index (χ3v) is 4.82. The molecule has 2 saturated heterocycles. The standard InChI is InChI=1S/C18H27FN4O/c1-18(12-24-13-18)11-21-17(20-2)22-15-6-8-23(9-7-15)16-5-3-4-14(19)10-16/h3-5,10,15H,6-9,11-13H2,1-2H3,(H2,20,21,22). The molecular weight excluding hydrogens is 307 g/mol. The molecule has 2 heterocycles. The summed E-state index contributed by atoms with van der Waals surface area (Å²) in [6.45, 7) is 6.54. The highest BCUT2D eigenvalue weighted by Crippen LogP contribution is 2.25. The van der Waals surface area contributed by atoms with Gasteiger partial charge in [-0.15, -0.1) is 0 Å². The van der Waals surface area contributed by atoms with Gasteiger partial charge in [0.2, 0.25) is 0 Å². The van der Waals surface area contributed by atoms with Gasteiger partial charge < -0.3 is 20.3 Å². The minimum atomic E-state index is -0.175. The monoisotopic (exact) mass is 334 g/mol. The minimum absolute atomic E-state index is 0.175. The minimum Gasteiger partial charge on any atom is -0.380 e. The van der Waals surface area contributed by atoms with Crippen LogP contribution in [-0.4, -0.2) is 51.9 Å². The zero-order valence-electron chi connectivity index (χ0n) is 14.5. The van der Waals surface area contributed by atoms with Crippen LogP contribution in [0.4, 0.5) is 10.1 Å². The fourth-order valence-electron chi connectivity index (χ4n) is 3.19. The summed E-state index contributed by atoms with van der Waals surface area (Å²) in [4.78, 5) is 6.56. The number of nitrogens with zero attached hydrogens (tertiary/aromatic N) is 2. The van der Waals surface area contributed by atoms with Crippen molar-refractivity contribution in [2.24, 2.45) is 10.4 Å². The number of ether oxygens (including phenoxy) is 1. The molecule has 132 valence electrons. The summed E-state index contributed by atoms with van der Waals surface area (Å²) in [5.41, 5.74) is 1.19. The molecule has 1 aromatic rings. The van der Waals surface area contributed by atoms with Crippen molar-refractivity contribution in [1.82, 2.24) is 10.6 Å². The van der Waals surface area contributed by atoms with Crippen molar-refractivity contribution in [3.05, 3.63) is 30.1 Å². The van der Waals surface area contributed by atoms with Crippen LogP contribution in [0, 0.1) is 11.2 Å². The predicted molar refractivity (Wildman–Crippen MR) is 95.1 cm³/mol. The van der Waals surface area contributed by atoms with Gasteiger partial charge in [0.25, 0.3) is 0 Å². The van der Waals surface area contributed by atoms with Crippen molar-refractivity contribution in [3.8, 4) is 0 Å².